The van der Waals surface area contributed by atoms with Crippen molar-refractivity contribution < 1.29 is 22.7 Å². The van der Waals surface area contributed by atoms with Crippen LogP contribution in [-0.2, 0) is 29.8 Å². The number of hydrogen-bond donors (Lipinski definition) is 1. The highest BCUT2D eigenvalue weighted by Gasteiger charge is 2.52. The van der Waals surface area contributed by atoms with Gasteiger partial charge in [0.2, 0.25) is 15.9 Å². The van der Waals surface area contributed by atoms with Gasteiger partial charge in [0.15, 0.2) is 0 Å². The Bertz CT molecular complexity index is 1200. The van der Waals surface area contributed by atoms with Gasteiger partial charge in [0.05, 0.1) is 23.0 Å². The monoisotopic (exact) mass is 524 g/mol. The zero-order valence-electron chi connectivity index (χ0n) is 18.7. The number of ether oxygens (including phenoxy) is 1. The molecule has 4 rings (SSSR count). The maximum Gasteiger partial charge on any atom is 0.316 e. The highest BCUT2D eigenvalue weighted by molar-refractivity contribution is 7.89. The summed E-state index contributed by atoms with van der Waals surface area (Å²) in [6, 6.07) is 11.5. The van der Waals surface area contributed by atoms with E-state index in [0.717, 1.165) is 18.4 Å². The summed E-state index contributed by atoms with van der Waals surface area (Å²) in [5.74, 6) is -0.970. The summed E-state index contributed by atoms with van der Waals surface area (Å²) in [4.78, 5) is 25.2. The number of piperidine rings is 1. The number of carbonyl (C=O) groups is 2. The zero-order valence-corrected chi connectivity index (χ0v) is 21.0. The Hall–Kier alpha value is -2.13. The molecule has 0 bridgehead atoms. The maximum absolute atomic E-state index is 13.1. The molecule has 0 radical (unpaired) electrons. The number of benzene rings is 2. The number of halogens is 2. The Morgan fingerprint density at radius 1 is 1.15 bits per heavy atom. The first kappa shape index (κ1) is 25.0. The summed E-state index contributed by atoms with van der Waals surface area (Å²) < 4.78 is 32.8. The normalized spacial score (nSPS) is 19.9. The lowest BCUT2D eigenvalue weighted by Gasteiger charge is -2.31. The van der Waals surface area contributed by atoms with Crippen molar-refractivity contribution in [3.05, 3.63) is 58.1 Å². The van der Waals surface area contributed by atoms with Crippen LogP contribution in [0.15, 0.2) is 47.4 Å². The molecule has 2 fully saturated rings. The number of amides is 1. The number of hydrogen-bond acceptors (Lipinski definition) is 5. The van der Waals surface area contributed by atoms with Crippen LogP contribution in [0, 0.1) is 5.92 Å². The van der Waals surface area contributed by atoms with Gasteiger partial charge in [-0.2, -0.15) is 4.31 Å². The van der Waals surface area contributed by atoms with Crippen LogP contribution < -0.4 is 5.32 Å². The lowest BCUT2D eigenvalue weighted by Crippen LogP contribution is -2.43. The first-order valence-corrected chi connectivity index (χ1v) is 13.4. The summed E-state index contributed by atoms with van der Waals surface area (Å²) in [5, 5.41) is 3.24. The van der Waals surface area contributed by atoms with E-state index in [2.05, 4.69) is 5.32 Å². The first-order valence-electron chi connectivity index (χ1n) is 11.2. The van der Waals surface area contributed by atoms with E-state index in [9.17, 15) is 18.0 Å². The number of esters is 1. The van der Waals surface area contributed by atoms with Gasteiger partial charge >= 0.3 is 5.97 Å². The van der Waals surface area contributed by atoms with Crippen LogP contribution >= 0.6 is 23.2 Å². The SMILES string of the molecule is CCOC(=O)C1(c2ccc(NC(=O)[C@@H]3CCCN(S(=O)(=O)c4cc(Cl)ccc4Cl)C3)cc2)CC1. The molecule has 1 aliphatic carbocycles. The summed E-state index contributed by atoms with van der Waals surface area (Å²) >= 11 is 12.1. The molecule has 1 saturated carbocycles. The molecule has 1 atom stereocenters. The predicted octanol–water partition coefficient (Wildman–Crippen LogP) is 4.63. The number of anilines is 1. The third-order valence-corrected chi connectivity index (χ3v) is 8.97. The van der Waals surface area contributed by atoms with E-state index in [1.165, 1.54) is 22.5 Å². The number of rotatable bonds is 7. The Balaban J connectivity index is 1.43. The molecule has 2 aromatic carbocycles. The van der Waals surface area contributed by atoms with Crippen LogP contribution in [0.5, 0.6) is 0 Å². The van der Waals surface area contributed by atoms with E-state index in [0.29, 0.717) is 31.7 Å². The second-order valence-corrected chi connectivity index (χ2v) is 11.4. The van der Waals surface area contributed by atoms with Gasteiger partial charge in [-0.15, -0.1) is 0 Å². The minimum absolute atomic E-state index is 0.0566. The molecule has 1 saturated heterocycles. The second kappa shape index (κ2) is 9.85. The van der Waals surface area contributed by atoms with Crippen LogP contribution in [0.4, 0.5) is 5.69 Å². The van der Waals surface area contributed by atoms with Crippen LogP contribution in [-0.4, -0.2) is 44.3 Å². The fourth-order valence-corrected chi connectivity index (χ4v) is 6.57. The topological polar surface area (TPSA) is 92.8 Å². The molecule has 1 heterocycles. The first-order chi connectivity index (χ1) is 16.2. The third kappa shape index (κ3) is 4.96. The van der Waals surface area contributed by atoms with Gasteiger partial charge in [0, 0.05) is 23.8 Å². The second-order valence-electron chi connectivity index (χ2n) is 8.65. The average molecular weight is 525 g/mol. The van der Waals surface area contributed by atoms with E-state index >= 15 is 0 Å². The summed E-state index contributed by atoms with van der Waals surface area (Å²) in [7, 11) is -3.89. The highest BCUT2D eigenvalue weighted by Crippen LogP contribution is 2.49. The number of nitrogens with zero attached hydrogens (tertiary/aromatic N) is 1. The predicted molar refractivity (Wildman–Crippen MR) is 131 cm³/mol. The molecule has 34 heavy (non-hydrogen) atoms. The molecular weight excluding hydrogens is 499 g/mol. The van der Waals surface area contributed by atoms with E-state index in [-0.39, 0.29) is 33.4 Å². The third-order valence-electron chi connectivity index (χ3n) is 6.39. The van der Waals surface area contributed by atoms with Crippen molar-refractivity contribution in [2.24, 2.45) is 5.92 Å². The van der Waals surface area contributed by atoms with Gasteiger partial charge in [-0.1, -0.05) is 35.3 Å². The van der Waals surface area contributed by atoms with Gasteiger partial charge in [-0.25, -0.2) is 8.42 Å². The molecule has 1 N–H and O–H groups in total. The summed E-state index contributed by atoms with van der Waals surface area (Å²) in [6.45, 7) is 2.49. The molecular formula is C24H26Cl2N2O5S. The fourth-order valence-electron chi connectivity index (χ4n) is 4.31. The molecule has 2 aliphatic rings. The lowest BCUT2D eigenvalue weighted by molar-refractivity contribution is -0.146. The average Bonchev–Trinajstić information content (AvgIpc) is 3.63. The molecule has 7 nitrogen and oxygen atoms in total. The summed E-state index contributed by atoms with van der Waals surface area (Å²) in [6.07, 6.45) is 2.63. The Kier molecular flexibility index (Phi) is 7.24. The highest BCUT2D eigenvalue weighted by atomic mass is 35.5. The van der Waals surface area contributed by atoms with Gasteiger partial charge in [0.1, 0.15) is 4.90 Å². The molecule has 2 aromatic rings. The Labute approximate surface area is 209 Å². The molecule has 10 heteroatoms. The van der Waals surface area contributed by atoms with E-state index < -0.39 is 21.4 Å². The maximum atomic E-state index is 13.1. The molecule has 182 valence electrons. The van der Waals surface area contributed by atoms with Crippen molar-refractivity contribution in [1.82, 2.24) is 4.31 Å². The van der Waals surface area contributed by atoms with Gasteiger partial charge in [0.25, 0.3) is 0 Å². The standard InChI is InChI=1S/C24H26Cl2N2O5S/c1-2-33-23(30)24(11-12-24)17-5-8-19(9-6-17)27-22(29)16-4-3-13-28(15-16)34(31,32)21-14-18(25)7-10-20(21)26/h5-10,14,16H,2-4,11-13,15H2,1H3,(H,27,29)/t16-/m1/s1. The summed E-state index contributed by atoms with van der Waals surface area (Å²) in [5.41, 5.74) is 0.891. The Morgan fingerprint density at radius 2 is 1.85 bits per heavy atom. The van der Waals surface area contributed by atoms with Gasteiger partial charge in [-0.05, 0) is 68.5 Å². The van der Waals surface area contributed by atoms with Crippen LogP contribution in [0.1, 0.15) is 38.2 Å². The van der Waals surface area contributed by atoms with Crippen LogP contribution in [0.3, 0.4) is 0 Å². The molecule has 1 amide bonds. The lowest BCUT2D eigenvalue weighted by atomic mass is 9.95. The molecule has 0 spiro atoms. The number of sulfonamides is 1. The Morgan fingerprint density at radius 3 is 2.50 bits per heavy atom. The quantitative estimate of drug-likeness (QED) is 0.533. The van der Waals surface area contributed by atoms with Crippen molar-refractivity contribution in [3.8, 4) is 0 Å². The van der Waals surface area contributed by atoms with Crippen LogP contribution in [0.25, 0.3) is 0 Å². The molecule has 0 unspecified atom stereocenters. The molecule has 0 aromatic heterocycles. The fraction of sp³-hybridized carbons (Fsp3) is 0.417. The van der Waals surface area contributed by atoms with Crippen LogP contribution in [0.2, 0.25) is 10.0 Å². The van der Waals surface area contributed by atoms with E-state index in [1.54, 1.807) is 19.1 Å². The minimum Gasteiger partial charge on any atom is -0.465 e. The van der Waals surface area contributed by atoms with Crippen molar-refractivity contribution in [2.75, 3.05) is 25.0 Å². The van der Waals surface area contributed by atoms with Gasteiger partial charge in [-0.3, -0.25) is 9.59 Å². The van der Waals surface area contributed by atoms with Crippen molar-refractivity contribution >= 4 is 50.8 Å². The largest absolute Gasteiger partial charge is 0.465 e. The smallest absolute Gasteiger partial charge is 0.316 e. The van der Waals surface area contributed by atoms with E-state index in [4.69, 9.17) is 27.9 Å². The van der Waals surface area contributed by atoms with Gasteiger partial charge < -0.3 is 10.1 Å². The zero-order chi connectivity index (χ0) is 24.5. The minimum atomic E-state index is -3.89. The van der Waals surface area contributed by atoms with E-state index in [1.807, 2.05) is 12.1 Å². The number of carbonyl (C=O) groups excluding carboxylic acids is 2. The van der Waals surface area contributed by atoms with Crippen molar-refractivity contribution in [2.45, 2.75) is 42.9 Å². The molecule has 1 aliphatic heterocycles. The number of nitrogens with one attached hydrogen (secondary N) is 1. The van der Waals surface area contributed by atoms with Crippen molar-refractivity contribution in [3.63, 3.8) is 0 Å². The van der Waals surface area contributed by atoms with Crippen molar-refractivity contribution in [1.29, 1.82) is 0 Å².